The van der Waals surface area contributed by atoms with E-state index in [4.69, 9.17) is 9.78 Å². The minimum Gasteiger partial charge on any atom is -0.368 e. The molecule has 2 heterocycles. The van der Waals surface area contributed by atoms with Crippen LogP contribution in [0.25, 0.3) is 0 Å². The van der Waals surface area contributed by atoms with Gasteiger partial charge in [0.1, 0.15) is 0 Å². The third kappa shape index (κ3) is 5.83. The Morgan fingerprint density at radius 1 is 0.939 bits per heavy atom. The molecule has 1 aromatic carbocycles. The van der Waals surface area contributed by atoms with Gasteiger partial charge in [0, 0.05) is 56.5 Å². The highest BCUT2D eigenvalue weighted by Crippen LogP contribution is 2.33. The summed E-state index contributed by atoms with van der Waals surface area (Å²) in [6, 6.07) is 10.1. The molecule has 0 saturated carbocycles. The monoisotopic (exact) mass is 453 g/mol. The summed E-state index contributed by atoms with van der Waals surface area (Å²) in [6.45, 7) is 16.6. The van der Waals surface area contributed by atoms with Gasteiger partial charge in [-0.25, -0.2) is 4.79 Å². The lowest BCUT2D eigenvalue weighted by Gasteiger charge is -2.38. The number of benzene rings is 1. The Morgan fingerprint density at radius 2 is 1.58 bits per heavy atom. The van der Waals surface area contributed by atoms with E-state index in [0.29, 0.717) is 24.3 Å². The maximum Gasteiger partial charge on any atom is 0.352 e. The number of hydrogen-bond donors (Lipinski definition) is 0. The highest BCUT2D eigenvalue weighted by Gasteiger charge is 2.28. The molecule has 33 heavy (non-hydrogen) atoms. The first-order valence-corrected chi connectivity index (χ1v) is 11.4. The summed E-state index contributed by atoms with van der Waals surface area (Å²) in [5.74, 6) is -0.404. The van der Waals surface area contributed by atoms with Crippen LogP contribution in [0.4, 0.5) is 5.69 Å². The first kappa shape index (κ1) is 24.6. The molecule has 1 aromatic heterocycles. The highest BCUT2D eigenvalue weighted by atomic mass is 17.2. The Balaban J connectivity index is 1.76. The van der Waals surface area contributed by atoms with Crippen molar-refractivity contribution in [1.82, 2.24) is 9.88 Å². The molecule has 7 nitrogen and oxygen atoms in total. The van der Waals surface area contributed by atoms with E-state index in [9.17, 15) is 9.59 Å². The second-order valence-electron chi connectivity index (χ2n) is 10.5. The predicted molar refractivity (Wildman–Crippen MR) is 129 cm³/mol. The van der Waals surface area contributed by atoms with Gasteiger partial charge in [-0.1, -0.05) is 59.7 Å². The van der Waals surface area contributed by atoms with Gasteiger partial charge in [0.25, 0.3) is 5.91 Å². The second-order valence-corrected chi connectivity index (χ2v) is 10.5. The third-order valence-electron chi connectivity index (χ3n) is 5.68. The number of anilines is 1. The standard InChI is InChI=1S/C26H35N3O4/c1-18(30)32-33-22-16-19(17-27-23(22)26(5,6)7)24(31)29-14-12-28(13-15-29)21-11-9-8-10-20(21)25(2,3)4/h8-11,16-17H,12-15H2,1-7H3. The molecule has 0 spiro atoms. The number of para-hydroxylation sites is 1. The molecule has 1 amide bonds. The molecule has 7 heteroatoms. The Kier molecular flexibility index (Phi) is 7.00. The molecule has 0 radical (unpaired) electrons. The number of nitrogens with zero attached hydrogens (tertiary/aromatic N) is 3. The normalized spacial score (nSPS) is 14.8. The van der Waals surface area contributed by atoms with Crippen LogP contribution in [0.15, 0.2) is 36.5 Å². The molecule has 0 N–H and O–H groups in total. The summed E-state index contributed by atoms with van der Waals surface area (Å²) in [5.41, 5.74) is 3.26. The van der Waals surface area contributed by atoms with Crippen molar-refractivity contribution < 1.29 is 19.4 Å². The van der Waals surface area contributed by atoms with E-state index in [2.05, 4.69) is 54.9 Å². The topological polar surface area (TPSA) is 72.0 Å². The quantitative estimate of drug-likeness (QED) is 0.502. The van der Waals surface area contributed by atoms with Crippen molar-refractivity contribution in [3.05, 3.63) is 53.3 Å². The zero-order valence-corrected chi connectivity index (χ0v) is 20.8. The molecule has 3 rings (SSSR count). The fourth-order valence-corrected chi connectivity index (χ4v) is 4.01. The van der Waals surface area contributed by atoms with Crippen LogP contribution in [0.3, 0.4) is 0 Å². The van der Waals surface area contributed by atoms with Crippen molar-refractivity contribution in [2.24, 2.45) is 0 Å². The van der Waals surface area contributed by atoms with E-state index in [1.165, 1.54) is 18.2 Å². The van der Waals surface area contributed by atoms with Gasteiger partial charge in [0.05, 0.1) is 11.3 Å². The molecule has 1 saturated heterocycles. The van der Waals surface area contributed by atoms with Gasteiger partial charge in [0.2, 0.25) is 5.75 Å². The number of aromatic nitrogens is 1. The lowest BCUT2D eigenvalue weighted by molar-refractivity contribution is -0.211. The molecule has 178 valence electrons. The van der Waals surface area contributed by atoms with Crippen molar-refractivity contribution in [3.8, 4) is 5.75 Å². The summed E-state index contributed by atoms with van der Waals surface area (Å²) in [6.07, 6.45) is 1.57. The molecule has 0 atom stereocenters. The number of piperazine rings is 1. The van der Waals surface area contributed by atoms with E-state index in [0.717, 1.165) is 13.1 Å². The van der Waals surface area contributed by atoms with Crippen molar-refractivity contribution >= 4 is 17.6 Å². The van der Waals surface area contributed by atoms with Gasteiger partial charge in [-0.05, 0) is 17.0 Å². The summed E-state index contributed by atoms with van der Waals surface area (Å²) < 4.78 is 0. The van der Waals surface area contributed by atoms with Crippen molar-refractivity contribution in [2.75, 3.05) is 31.1 Å². The van der Waals surface area contributed by atoms with Gasteiger partial charge in [-0.3, -0.25) is 19.6 Å². The first-order valence-electron chi connectivity index (χ1n) is 11.4. The van der Waals surface area contributed by atoms with Crippen LogP contribution < -0.4 is 9.79 Å². The van der Waals surface area contributed by atoms with Crippen LogP contribution in [0.2, 0.25) is 0 Å². The van der Waals surface area contributed by atoms with Crippen molar-refractivity contribution in [3.63, 3.8) is 0 Å². The maximum atomic E-state index is 13.2. The summed E-state index contributed by atoms with van der Waals surface area (Å²) >= 11 is 0. The van der Waals surface area contributed by atoms with Crippen LogP contribution in [0.5, 0.6) is 5.75 Å². The number of rotatable bonds is 4. The number of carbonyl (C=O) groups excluding carboxylic acids is 2. The molecular formula is C26H35N3O4. The molecule has 1 aliphatic rings. The van der Waals surface area contributed by atoms with Crippen LogP contribution >= 0.6 is 0 Å². The average Bonchev–Trinajstić information content (AvgIpc) is 2.76. The minimum atomic E-state index is -0.571. The smallest absolute Gasteiger partial charge is 0.352 e. The van der Waals surface area contributed by atoms with E-state index >= 15 is 0 Å². The van der Waals surface area contributed by atoms with Gasteiger partial charge in [0.15, 0.2) is 0 Å². The van der Waals surface area contributed by atoms with E-state index in [1.807, 2.05) is 25.7 Å². The Hall–Kier alpha value is -3.09. The largest absolute Gasteiger partial charge is 0.368 e. The Bertz CT molecular complexity index is 1010. The van der Waals surface area contributed by atoms with Gasteiger partial charge < -0.3 is 9.80 Å². The fourth-order valence-electron chi connectivity index (χ4n) is 4.01. The molecule has 0 aliphatic carbocycles. The average molecular weight is 454 g/mol. The maximum absolute atomic E-state index is 13.2. The molecule has 1 aliphatic heterocycles. The zero-order chi connectivity index (χ0) is 24.4. The number of hydrogen-bond acceptors (Lipinski definition) is 6. The van der Waals surface area contributed by atoms with Crippen molar-refractivity contribution in [1.29, 1.82) is 0 Å². The molecule has 1 fully saturated rings. The van der Waals surface area contributed by atoms with E-state index in [1.54, 1.807) is 12.3 Å². The molecule has 2 aromatic rings. The Labute approximate surface area is 196 Å². The van der Waals surface area contributed by atoms with Crippen LogP contribution in [0, 0.1) is 0 Å². The lowest BCUT2D eigenvalue weighted by atomic mass is 9.85. The van der Waals surface area contributed by atoms with E-state index < -0.39 is 5.97 Å². The van der Waals surface area contributed by atoms with E-state index in [-0.39, 0.29) is 22.5 Å². The van der Waals surface area contributed by atoms with Crippen LogP contribution in [-0.4, -0.2) is 47.9 Å². The lowest BCUT2D eigenvalue weighted by Crippen LogP contribution is -2.49. The second kappa shape index (κ2) is 9.41. The van der Waals surface area contributed by atoms with Crippen molar-refractivity contribution in [2.45, 2.75) is 59.3 Å². The number of pyridine rings is 1. The summed E-state index contributed by atoms with van der Waals surface area (Å²) in [4.78, 5) is 43.1. The Morgan fingerprint density at radius 3 is 2.15 bits per heavy atom. The zero-order valence-electron chi connectivity index (χ0n) is 20.8. The number of amides is 1. The minimum absolute atomic E-state index is 0.0440. The third-order valence-corrected chi connectivity index (χ3v) is 5.68. The molecule has 0 bridgehead atoms. The summed E-state index contributed by atoms with van der Waals surface area (Å²) in [5, 5.41) is 0. The van der Waals surface area contributed by atoms with Crippen LogP contribution in [0.1, 0.15) is 70.1 Å². The first-order chi connectivity index (χ1) is 15.4. The fraction of sp³-hybridized carbons (Fsp3) is 0.500. The van der Waals surface area contributed by atoms with Gasteiger partial charge in [-0.15, -0.1) is 0 Å². The molecular weight excluding hydrogens is 418 g/mol. The van der Waals surface area contributed by atoms with Crippen LogP contribution in [-0.2, 0) is 20.5 Å². The number of carbonyl (C=O) groups is 2. The molecule has 0 unspecified atom stereocenters. The van der Waals surface area contributed by atoms with Gasteiger partial charge in [-0.2, -0.15) is 0 Å². The predicted octanol–water partition coefficient (Wildman–Crippen LogP) is 4.50. The summed E-state index contributed by atoms with van der Waals surface area (Å²) in [7, 11) is 0. The SMILES string of the molecule is CC(=O)OOc1cc(C(=O)N2CCN(c3ccccc3C(C)(C)C)CC2)cnc1C(C)(C)C. The van der Waals surface area contributed by atoms with Gasteiger partial charge >= 0.3 is 5.97 Å². The highest BCUT2D eigenvalue weighted by molar-refractivity contribution is 5.94.